The average molecular weight is 349 g/mol. The van der Waals surface area contributed by atoms with Crippen LogP contribution in [0, 0.1) is 6.92 Å². The highest BCUT2D eigenvalue weighted by atomic mass is 35.5. The molecular formula is C18H18Cl2N2O. The van der Waals surface area contributed by atoms with Crippen LogP contribution in [-0.2, 0) is 4.74 Å². The first-order chi connectivity index (χ1) is 11.1. The Bertz CT molecular complexity index is 725. The van der Waals surface area contributed by atoms with Crippen molar-refractivity contribution in [3.63, 3.8) is 0 Å². The van der Waals surface area contributed by atoms with Crippen LogP contribution in [0.2, 0.25) is 10.0 Å². The second kappa shape index (κ2) is 7.35. The molecule has 0 aromatic heterocycles. The van der Waals surface area contributed by atoms with Crippen LogP contribution in [0.1, 0.15) is 11.1 Å². The Balaban J connectivity index is 1.77. The van der Waals surface area contributed by atoms with Crippen LogP contribution in [0.4, 0.5) is 11.4 Å². The summed E-state index contributed by atoms with van der Waals surface area (Å²) in [6, 6.07) is 11.8. The second-order valence-corrected chi connectivity index (χ2v) is 6.31. The molecule has 0 saturated carbocycles. The molecule has 0 spiro atoms. The van der Waals surface area contributed by atoms with E-state index in [4.69, 9.17) is 27.9 Å². The number of halogens is 2. The fourth-order valence-electron chi connectivity index (χ4n) is 2.53. The maximum absolute atomic E-state index is 6.01. The zero-order chi connectivity index (χ0) is 16.2. The van der Waals surface area contributed by atoms with Crippen LogP contribution in [-0.4, -0.2) is 32.5 Å². The summed E-state index contributed by atoms with van der Waals surface area (Å²) in [6.07, 6.45) is 1.86. The average Bonchev–Trinajstić information content (AvgIpc) is 2.57. The van der Waals surface area contributed by atoms with Crippen molar-refractivity contribution in [1.29, 1.82) is 0 Å². The highest BCUT2D eigenvalue weighted by Crippen LogP contribution is 2.27. The molecule has 1 saturated heterocycles. The molecule has 1 aliphatic rings. The normalized spacial score (nSPS) is 15.3. The lowest BCUT2D eigenvalue weighted by atomic mass is 10.1. The number of morpholine rings is 1. The van der Waals surface area contributed by atoms with Gasteiger partial charge in [-0.1, -0.05) is 29.3 Å². The molecule has 3 rings (SSSR count). The number of rotatable bonds is 3. The Kier molecular flexibility index (Phi) is 5.21. The first-order valence-electron chi connectivity index (χ1n) is 7.56. The number of aliphatic imine (C=N–C) groups is 1. The van der Waals surface area contributed by atoms with E-state index in [9.17, 15) is 0 Å². The van der Waals surface area contributed by atoms with Crippen molar-refractivity contribution in [2.75, 3.05) is 31.2 Å². The summed E-state index contributed by atoms with van der Waals surface area (Å²) in [7, 11) is 0. The van der Waals surface area contributed by atoms with E-state index in [1.165, 1.54) is 11.3 Å². The van der Waals surface area contributed by atoms with Crippen LogP contribution in [0.3, 0.4) is 0 Å². The molecule has 1 aliphatic heterocycles. The van der Waals surface area contributed by atoms with Gasteiger partial charge >= 0.3 is 0 Å². The Hall–Kier alpha value is -1.55. The van der Waals surface area contributed by atoms with Crippen molar-refractivity contribution in [2.24, 2.45) is 4.99 Å². The molecular weight excluding hydrogens is 331 g/mol. The van der Waals surface area contributed by atoms with Gasteiger partial charge in [0.1, 0.15) is 0 Å². The molecule has 0 amide bonds. The van der Waals surface area contributed by atoms with Gasteiger partial charge < -0.3 is 9.64 Å². The summed E-state index contributed by atoms with van der Waals surface area (Å²) in [4.78, 5) is 6.82. The number of hydrogen-bond acceptors (Lipinski definition) is 3. The van der Waals surface area contributed by atoms with Crippen molar-refractivity contribution in [2.45, 2.75) is 6.92 Å². The van der Waals surface area contributed by atoms with Gasteiger partial charge in [-0.05, 0) is 48.4 Å². The topological polar surface area (TPSA) is 24.8 Å². The quantitative estimate of drug-likeness (QED) is 0.737. The molecule has 0 bridgehead atoms. The zero-order valence-corrected chi connectivity index (χ0v) is 14.4. The van der Waals surface area contributed by atoms with E-state index in [-0.39, 0.29) is 0 Å². The van der Waals surface area contributed by atoms with E-state index in [1.54, 1.807) is 12.1 Å². The third kappa shape index (κ3) is 4.05. The van der Waals surface area contributed by atoms with Gasteiger partial charge in [0.2, 0.25) is 0 Å². The molecule has 2 aromatic rings. The minimum atomic E-state index is 0.515. The Labute approximate surface area is 146 Å². The highest BCUT2D eigenvalue weighted by molar-refractivity contribution is 6.42. The largest absolute Gasteiger partial charge is 0.378 e. The van der Waals surface area contributed by atoms with Crippen LogP contribution < -0.4 is 4.90 Å². The van der Waals surface area contributed by atoms with E-state index in [0.717, 1.165) is 37.6 Å². The van der Waals surface area contributed by atoms with Crippen molar-refractivity contribution < 1.29 is 4.74 Å². The number of nitrogens with zero attached hydrogens (tertiary/aromatic N) is 2. The molecule has 1 fully saturated rings. The maximum Gasteiger partial charge on any atom is 0.0645 e. The molecule has 0 unspecified atom stereocenters. The van der Waals surface area contributed by atoms with E-state index in [1.807, 2.05) is 12.3 Å². The predicted octanol–water partition coefficient (Wildman–Crippen LogP) is 4.89. The second-order valence-electron chi connectivity index (χ2n) is 5.50. The molecule has 120 valence electrons. The number of aryl methyl sites for hydroxylation is 1. The van der Waals surface area contributed by atoms with Crippen molar-refractivity contribution in [1.82, 2.24) is 0 Å². The lowest BCUT2D eigenvalue weighted by Crippen LogP contribution is -2.36. The lowest BCUT2D eigenvalue weighted by molar-refractivity contribution is 0.122. The summed E-state index contributed by atoms with van der Waals surface area (Å²) >= 11 is 11.9. The van der Waals surface area contributed by atoms with Crippen molar-refractivity contribution in [3.05, 3.63) is 57.6 Å². The smallest absolute Gasteiger partial charge is 0.0645 e. The summed E-state index contributed by atoms with van der Waals surface area (Å²) in [6.45, 7) is 5.56. The fraction of sp³-hybridized carbons (Fsp3) is 0.278. The van der Waals surface area contributed by atoms with Gasteiger partial charge in [-0.3, -0.25) is 4.99 Å². The molecule has 0 radical (unpaired) electrons. The monoisotopic (exact) mass is 348 g/mol. The number of hydrogen-bond donors (Lipinski definition) is 0. The van der Waals surface area contributed by atoms with Crippen LogP contribution in [0.25, 0.3) is 0 Å². The standard InChI is InChI=1S/C18H18Cl2N2O/c1-13-10-16(22-6-8-23-9-7-22)4-2-14(13)12-21-15-3-5-17(19)18(20)11-15/h2-5,10-12H,6-9H2,1H3. The SMILES string of the molecule is Cc1cc(N2CCOCC2)ccc1C=Nc1ccc(Cl)c(Cl)c1. The van der Waals surface area contributed by atoms with Gasteiger partial charge in [0.25, 0.3) is 0 Å². The van der Waals surface area contributed by atoms with Gasteiger partial charge in [0, 0.05) is 25.0 Å². The summed E-state index contributed by atoms with van der Waals surface area (Å²) < 4.78 is 5.40. The Morgan fingerprint density at radius 1 is 1.04 bits per heavy atom. The lowest BCUT2D eigenvalue weighted by Gasteiger charge is -2.29. The number of anilines is 1. The molecule has 0 aliphatic carbocycles. The third-order valence-electron chi connectivity index (χ3n) is 3.89. The minimum Gasteiger partial charge on any atom is -0.378 e. The van der Waals surface area contributed by atoms with Gasteiger partial charge in [-0.15, -0.1) is 0 Å². The van der Waals surface area contributed by atoms with E-state index >= 15 is 0 Å². The van der Waals surface area contributed by atoms with Crippen molar-refractivity contribution in [3.8, 4) is 0 Å². The molecule has 1 heterocycles. The van der Waals surface area contributed by atoms with Crippen LogP contribution >= 0.6 is 23.2 Å². The first kappa shape index (κ1) is 16.3. The molecule has 0 atom stereocenters. The summed E-state index contributed by atoms with van der Waals surface area (Å²) in [5, 5.41) is 1.05. The Morgan fingerprint density at radius 3 is 2.52 bits per heavy atom. The Morgan fingerprint density at radius 2 is 1.83 bits per heavy atom. The zero-order valence-electron chi connectivity index (χ0n) is 12.9. The summed E-state index contributed by atoms with van der Waals surface area (Å²) in [5.74, 6) is 0. The third-order valence-corrected chi connectivity index (χ3v) is 4.62. The van der Waals surface area contributed by atoms with Gasteiger partial charge in [0.15, 0.2) is 0 Å². The molecule has 5 heteroatoms. The molecule has 23 heavy (non-hydrogen) atoms. The van der Waals surface area contributed by atoms with Crippen LogP contribution in [0.5, 0.6) is 0 Å². The molecule has 0 N–H and O–H groups in total. The minimum absolute atomic E-state index is 0.515. The number of ether oxygens (including phenoxy) is 1. The number of benzene rings is 2. The summed E-state index contributed by atoms with van der Waals surface area (Å²) in [5.41, 5.74) is 4.31. The van der Waals surface area contributed by atoms with Gasteiger partial charge in [-0.25, -0.2) is 0 Å². The highest BCUT2D eigenvalue weighted by Gasteiger charge is 2.11. The van der Waals surface area contributed by atoms with Crippen LogP contribution in [0.15, 0.2) is 41.4 Å². The molecule has 3 nitrogen and oxygen atoms in total. The predicted molar refractivity (Wildman–Crippen MR) is 97.9 cm³/mol. The first-order valence-corrected chi connectivity index (χ1v) is 8.31. The van der Waals surface area contributed by atoms with Gasteiger partial charge in [0.05, 0.1) is 28.9 Å². The van der Waals surface area contributed by atoms with E-state index in [0.29, 0.717) is 10.0 Å². The van der Waals surface area contributed by atoms with E-state index in [2.05, 4.69) is 35.0 Å². The van der Waals surface area contributed by atoms with Crippen molar-refractivity contribution >= 4 is 40.8 Å². The molecule has 2 aromatic carbocycles. The fourth-order valence-corrected chi connectivity index (χ4v) is 2.82. The maximum atomic E-state index is 6.01. The van der Waals surface area contributed by atoms with Gasteiger partial charge in [-0.2, -0.15) is 0 Å². The van der Waals surface area contributed by atoms with E-state index < -0.39 is 0 Å².